The average molecular weight is 305 g/mol. The van der Waals surface area contributed by atoms with E-state index in [1.165, 1.54) is 9.35 Å². The molecule has 0 fully saturated rings. The number of thiophene rings is 1. The van der Waals surface area contributed by atoms with Crippen molar-refractivity contribution in [1.82, 2.24) is 10.2 Å². The van der Waals surface area contributed by atoms with Crippen LogP contribution in [0.25, 0.3) is 0 Å². The molecule has 0 bridgehead atoms. The van der Waals surface area contributed by atoms with Crippen LogP contribution in [0, 0.1) is 5.92 Å². The molecular formula is C12H21BrN2S. The smallest absolute Gasteiger partial charge is 0.0701 e. The van der Waals surface area contributed by atoms with Crippen LogP contribution >= 0.6 is 27.3 Å². The van der Waals surface area contributed by atoms with Crippen LogP contribution < -0.4 is 5.32 Å². The highest BCUT2D eigenvalue weighted by atomic mass is 79.9. The average Bonchev–Trinajstić information content (AvgIpc) is 2.57. The largest absolute Gasteiger partial charge is 0.311 e. The SMILES string of the molecule is CC(C)C(CNCc1csc(Br)c1)N(C)C. The summed E-state index contributed by atoms with van der Waals surface area (Å²) in [6.07, 6.45) is 0. The summed E-state index contributed by atoms with van der Waals surface area (Å²) in [5.74, 6) is 0.678. The van der Waals surface area contributed by atoms with E-state index < -0.39 is 0 Å². The fraction of sp³-hybridized carbons (Fsp3) is 0.667. The number of rotatable bonds is 6. The van der Waals surface area contributed by atoms with Gasteiger partial charge in [-0.1, -0.05) is 13.8 Å². The number of halogens is 1. The lowest BCUT2D eigenvalue weighted by atomic mass is 10.0. The van der Waals surface area contributed by atoms with Gasteiger partial charge in [0, 0.05) is 19.1 Å². The number of likely N-dealkylation sites (N-methyl/N-ethyl adjacent to an activating group) is 1. The van der Waals surface area contributed by atoms with Crippen molar-refractivity contribution in [1.29, 1.82) is 0 Å². The minimum atomic E-state index is 0.599. The molecule has 0 aromatic carbocycles. The number of hydrogen-bond acceptors (Lipinski definition) is 3. The Morgan fingerprint density at radius 2 is 2.12 bits per heavy atom. The quantitative estimate of drug-likeness (QED) is 0.868. The van der Waals surface area contributed by atoms with Crippen LogP contribution in [0.15, 0.2) is 15.2 Å². The normalized spacial score (nSPS) is 13.7. The topological polar surface area (TPSA) is 15.3 Å². The Bertz CT molecular complexity index is 302. The molecule has 1 N–H and O–H groups in total. The van der Waals surface area contributed by atoms with Crippen molar-refractivity contribution in [2.75, 3.05) is 20.6 Å². The molecule has 1 rings (SSSR count). The highest BCUT2D eigenvalue weighted by molar-refractivity contribution is 9.11. The van der Waals surface area contributed by atoms with Crippen LogP contribution in [-0.4, -0.2) is 31.6 Å². The standard InChI is InChI=1S/C12H21BrN2S/c1-9(2)11(15(3)4)7-14-6-10-5-12(13)16-8-10/h5,8-9,11,14H,6-7H2,1-4H3. The number of hydrogen-bond donors (Lipinski definition) is 1. The predicted molar refractivity (Wildman–Crippen MR) is 76.0 cm³/mol. The molecule has 1 atom stereocenters. The van der Waals surface area contributed by atoms with Gasteiger partial charge in [0.05, 0.1) is 3.79 Å². The summed E-state index contributed by atoms with van der Waals surface area (Å²) in [6, 6.07) is 2.78. The monoisotopic (exact) mass is 304 g/mol. The first-order valence-corrected chi connectivity index (χ1v) is 7.28. The molecule has 0 amide bonds. The van der Waals surface area contributed by atoms with Gasteiger partial charge in [0.15, 0.2) is 0 Å². The van der Waals surface area contributed by atoms with Crippen molar-refractivity contribution in [3.8, 4) is 0 Å². The Morgan fingerprint density at radius 3 is 2.56 bits per heavy atom. The van der Waals surface area contributed by atoms with Crippen molar-refractivity contribution in [3.63, 3.8) is 0 Å². The van der Waals surface area contributed by atoms with Crippen LogP contribution in [0.4, 0.5) is 0 Å². The molecule has 0 saturated heterocycles. The van der Waals surface area contributed by atoms with E-state index in [4.69, 9.17) is 0 Å². The summed E-state index contributed by atoms with van der Waals surface area (Å²) in [5.41, 5.74) is 1.36. The molecule has 0 saturated carbocycles. The van der Waals surface area contributed by atoms with Gasteiger partial charge < -0.3 is 10.2 Å². The molecule has 0 aliphatic rings. The number of nitrogens with zero attached hydrogens (tertiary/aromatic N) is 1. The lowest BCUT2D eigenvalue weighted by molar-refractivity contribution is 0.224. The third-order valence-corrected chi connectivity index (χ3v) is 4.29. The molecule has 0 radical (unpaired) electrons. The van der Waals surface area contributed by atoms with Crippen molar-refractivity contribution in [2.24, 2.45) is 5.92 Å². The van der Waals surface area contributed by atoms with E-state index in [0.29, 0.717) is 12.0 Å². The van der Waals surface area contributed by atoms with Gasteiger partial charge in [-0.25, -0.2) is 0 Å². The maximum atomic E-state index is 3.52. The fourth-order valence-corrected chi connectivity index (χ4v) is 3.03. The molecule has 0 aliphatic heterocycles. The van der Waals surface area contributed by atoms with Gasteiger partial charge in [-0.05, 0) is 53.0 Å². The van der Waals surface area contributed by atoms with Crippen molar-refractivity contribution in [2.45, 2.75) is 26.4 Å². The molecule has 16 heavy (non-hydrogen) atoms. The molecule has 1 unspecified atom stereocenters. The van der Waals surface area contributed by atoms with E-state index in [9.17, 15) is 0 Å². The van der Waals surface area contributed by atoms with Crippen LogP contribution in [-0.2, 0) is 6.54 Å². The predicted octanol–water partition coefficient (Wildman–Crippen LogP) is 3.19. The highest BCUT2D eigenvalue weighted by Crippen LogP contribution is 2.20. The zero-order chi connectivity index (χ0) is 12.1. The second kappa shape index (κ2) is 6.74. The van der Waals surface area contributed by atoms with Crippen LogP contribution in [0.2, 0.25) is 0 Å². The minimum absolute atomic E-state index is 0.599. The molecule has 1 aromatic rings. The summed E-state index contributed by atoms with van der Waals surface area (Å²) in [6.45, 7) is 6.54. The van der Waals surface area contributed by atoms with Gasteiger partial charge in [-0.15, -0.1) is 11.3 Å². The van der Waals surface area contributed by atoms with Crippen LogP contribution in [0.3, 0.4) is 0 Å². The maximum Gasteiger partial charge on any atom is 0.0701 e. The molecule has 4 heteroatoms. The van der Waals surface area contributed by atoms with E-state index in [2.05, 4.69) is 65.5 Å². The third-order valence-electron chi connectivity index (χ3n) is 2.74. The molecular weight excluding hydrogens is 284 g/mol. The summed E-state index contributed by atoms with van der Waals surface area (Å²) >= 11 is 5.22. The van der Waals surface area contributed by atoms with Gasteiger partial charge in [0.1, 0.15) is 0 Å². The summed E-state index contributed by atoms with van der Waals surface area (Å²) in [5, 5.41) is 5.71. The van der Waals surface area contributed by atoms with Crippen LogP contribution in [0.1, 0.15) is 19.4 Å². The Labute approximate surface area is 111 Å². The van der Waals surface area contributed by atoms with Gasteiger partial charge in [0.25, 0.3) is 0 Å². The molecule has 92 valence electrons. The minimum Gasteiger partial charge on any atom is -0.311 e. The Morgan fingerprint density at radius 1 is 1.44 bits per heavy atom. The highest BCUT2D eigenvalue weighted by Gasteiger charge is 2.14. The summed E-state index contributed by atoms with van der Waals surface area (Å²) < 4.78 is 1.21. The van der Waals surface area contributed by atoms with Gasteiger partial charge in [-0.3, -0.25) is 0 Å². The van der Waals surface area contributed by atoms with Gasteiger partial charge in [0.2, 0.25) is 0 Å². The van der Waals surface area contributed by atoms with E-state index in [-0.39, 0.29) is 0 Å². The van der Waals surface area contributed by atoms with Crippen molar-refractivity contribution < 1.29 is 0 Å². The molecule has 0 spiro atoms. The lowest BCUT2D eigenvalue weighted by Gasteiger charge is -2.28. The molecule has 1 heterocycles. The van der Waals surface area contributed by atoms with E-state index >= 15 is 0 Å². The van der Waals surface area contributed by atoms with Crippen molar-refractivity contribution >= 4 is 27.3 Å². The lowest BCUT2D eigenvalue weighted by Crippen LogP contribution is -2.41. The first-order valence-electron chi connectivity index (χ1n) is 5.60. The number of nitrogens with one attached hydrogen (secondary N) is 1. The van der Waals surface area contributed by atoms with E-state index in [0.717, 1.165) is 13.1 Å². The molecule has 1 aromatic heterocycles. The second-order valence-electron chi connectivity index (χ2n) is 4.66. The Hall–Kier alpha value is 0.1000. The summed E-state index contributed by atoms with van der Waals surface area (Å²) in [4.78, 5) is 2.29. The first kappa shape index (κ1) is 14.2. The Balaban J connectivity index is 2.33. The van der Waals surface area contributed by atoms with Gasteiger partial charge >= 0.3 is 0 Å². The zero-order valence-corrected chi connectivity index (χ0v) is 12.9. The molecule has 0 aliphatic carbocycles. The fourth-order valence-electron chi connectivity index (χ4n) is 1.82. The van der Waals surface area contributed by atoms with Gasteiger partial charge in [-0.2, -0.15) is 0 Å². The molecule has 2 nitrogen and oxygen atoms in total. The third kappa shape index (κ3) is 4.53. The second-order valence-corrected chi connectivity index (χ2v) is 6.96. The first-order chi connectivity index (χ1) is 7.50. The zero-order valence-electron chi connectivity index (χ0n) is 10.5. The van der Waals surface area contributed by atoms with Crippen LogP contribution in [0.5, 0.6) is 0 Å². The van der Waals surface area contributed by atoms with Crippen molar-refractivity contribution in [3.05, 3.63) is 20.8 Å². The maximum absolute atomic E-state index is 3.52. The van der Waals surface area contributed by atoms with E-state index in [1.54, 1.807) is 11.3 Å². The van der Waals surface area contributed by atoms with E-state index in [1.807, 2.05) is 0 Å². The Kier molecular flexibility index (Phi) is 5.97. The summed E-state index contributed by atoms with van der Waals surface area (Å²) in [7, 11) is 4.29.